The molecule has 0 aromatic rings. The van der Waals surface area contributed by atoms with Crippen LogP contribution >= 0.6 is 0 Å². The number of rotatable bonds is 2. The predicted octanol–water partition coefficient (Wildman–Crippen LogP) is 1.40. The molecule has 0 aromatic carbocycles. The first-order chi connectivity index (χ1) is 5.91. The highest BCUT2D eigenvalue weighted by atomic mass is 19.1. The standard InChI is InChI=1S/C9H17FN2O/c1-7(2)4-11-8(13)12-5-9(3,10)6-12/h7H,4-6H2,1-3H3,(H,11,13). The van der Waals surface area contributed by atoms with E-state index in [9.17, 15) is 9.18 Å². The molecule has 76 valence electrons. The Balaban J connectivity index is 2.20. The molecule has 0 aliphatic carbocycles. The Hall–Kier alpha value is -0.800. The first-order valence-corrected chi connectivity index (χ1v) is 4.62. The van der Waals surface area contributed by atoms with E-state index >= 15 is 0 Å². The van der Waals surface area contributed by atoms with Crippen LogP contribution in [-0.2, 0) is 0 Å². The quantitative estimate of drug-likeness (QED) is 0.698. The molecule has 13 heavy (non-hydrogen) atoms. The van der Waals surface area contributed by atoms with E-state index in [1.807, 2.05) is 13.8 Å². The topological polar surface area (TPSA) is 32.3 Å². The molecule has 4 heteroatoms. The molecule has 0 bridgehead atoms. The third-order valence-corrected chi connectivity index (χ3v) is 1.99. The Morgan fingerprint density at radius 3 is 2.54 bits per heavy atom. The highest BCUT2D eigenvalue weighted by Crippen LogP contribution is 2.23. The fourth-order valence-electron chi connectivity index (χ4n) is 1.30. The average Bonchev–Trinajstić information content (AvgIpc) is 1.95. The van der Waals surface area contributed by atoms with Gasteiger partial charge in [0.2, 0.25) is 0 Å². The van der Waals surface area contributed by atoms with Gasteiger partial charge in [0.1, 0.15) is 5.67 Å². The molecule has 1 rings (SSSR count). The Labute approximate surface area is 78.3 Å². The summed E-state index contributed by atoms with van der Waals surface area (Å²) in [5.41, 5.74) is -1.17. The molecular weight excluding hydrogens is 171 g/mol. The van der Waals surface area contributed by atoms with Gasteiger partial charge in [0.25, 0.3) is 0 Å². The average molecular weight is 188 g/mol. The van der Waals surface area contributed by atoms with Crippen LogP contribution in [0, 0.1) is 5.92 Å². The van der Waals surface area contributed by atoms with Crippen LogP contribution in [0.3, 0.4) is 0 Å². The number of hydrogen-bond donors (Lipinski definition) is 1. The van der Waals surface area contributed by atoms with E-state index in [2.05, 4.69) is 5.32 Å². The predicted molar refractivity (Wildman–Crippen MR) is 49.3 cm³/mol. The largest absolute Gasteiger partial charge is 0.338 e. The van der Waals surface area contributed by atoms with Gasteiger partial charge in [-0.05, 0) is 12.8 Å². The summed E-state index contributed by atoms with van der Waals surface area (Å²) in [4.78, 5) is 12.8. The maximum atomic E-state index is 13.0. The molecule has 0 radical (unpaired) electrons. The number of alkyl halides is 1. The van der Waals surface area contributed by atoms with Gasteiger partial charge >= 0.3 is 6.03 Å². The SMILES string of the molecule is CC(C)CNC(=O)N1CC(C)(F)C1. The van der Waals surface area contributed by atoms with Crippen molar-refractivity contribution in [2.24, 2.45) is 5.92 Å². The van der Waals surface area contributed by atoms with Crippen molar-refractivity contribution in [2.45, 2.75) is 26.4 Å². The summed E-state index contributed by atoms with van der Waals surface area (Å²) in [6.45, 7) is 6.65. The van der Waals surface area contributed by atoms with Crippen LogP contribution in [0.15, 0.2) is 0 Å². The monoisotopic (exact) mass is 188 g/mol. The van der Waals surface area contributed by atoms with Crippen LogP contribution in [0.4, 0.5) is 9.18 Å². The summed E-state index contributed by atoms with van der Waals surface area (Å²) in [6, 6.07) is -0.149. The van der Waals surface area contributed by atoms with Crippen LogP contribution in [0.25, 0.3) is 0 Å². The van der Waals surface area contributed by atoms with Crippen molar-refractivity contribution in [1.82, 2.24) is 10.2 Å². The molecule has 3 nitrogen and oxygen atoms in total. The van der Waals surface area contributed by atoms with Crippen LogP contribution in [-0.4, -0.2) is 36.2 Å². The highest BCUT2D eigenvalue weighted by molar-refractivity contribution is 5.75. The summed E-state index contributed by atoms with van der Waals surface area (Å²) in [5, 5.41) is 2.74. The minimum Gasteiger partial charge on any atom is -0.338 e. The summed E-state index contributed by atoms with van der Waals surface area (Å²) in [6.07, 6.45) is 0. The Morgan fingerprint density at radius 2 is 2.15 bits per heavy atom. The lowest BCUT2D eigenvalue weighted by atomic mass is 10.00. The number of carbonyl (C=O) groups is 1. The minimum atomic E-state index is -1.17. The van der Waals surface area contributed by atoms with Crippen LogP contribution in [0.5, 0.6) is 0 Å². The van der Waals surface area contributed by atoms with E-state index in [0.29, 0.717) is 12.5 Å². The zero-order valence-electron chi connectivity index (χ0n) is 8.43. The number of likely N-dealkylation sites (tertiary alicyclic amines) is 1. The van der Waals surface area contributed by atoms with Crippen molar-refractivity contribution in [1.29, 1.82) is 0 Å². The van der Waals surface area contributed by atoms with E-state index in [1.54, 1.807) is 0 Å². The van der Waals surface area contributed by atoms with Gasteiger partial charge in [-0.1, -0.05) is 13.8 Å². The first kappa shape index (κ1) is 10.3. The molecule has 0 saturated carbocycles. The van der Waals surface area contributed by atoms with E-state index in [1.165, 1.54) is 11.8 Å². The normalized spacial score (nSPS) is 19.9. The maximum Gasteiger partial charge on any atom is 0.317 e. The van der Waals surface area contributed by atoms with E-state index in [0.717, 1.165) is 0 Å². The van der Waals surface area contributed by atoms with Gasteiger partial charge in [0.05, 0.1) is 13.1 Å². The Kier molecular flexibility index (Phi) is 2.78. The third-order valence-electron chi connectivity index (χ3n) is 1.99. The molecular formula is C9H17FN2O. The molecule has 0 unspecified atom stereocenters. The molecule has 1 aliphatic heterocycles. The number of halogens is 1. The number of hydrogen-bond acceptors (Lipinski definition) is 1. The summed E-state index contributed by atoms with van der Waals surface area (Å²) >= 11 is 0. The molecule has 0 atom stereocenters. The van der Waals surface area contributed by atoms with Crippen molar-refractivity contribution < 1.29 is 9.18 Å². The number of amides is 2. The van der Waals surface area contributed by atoms with Gasteiger partial charge in [-0.25, -0.2) is 9.18 Å². The van der Waals surface area contributed by atoms with E-state index in [-0.39, 0.29) is 19.1 Å². The van der Waals surface area contributed by atoms with Gasteiger partial charge in [-0.2, -0.15) is 0 Å². The summed E-state index contributed by atoms with van der Waals surface area (Å²) < 4.78 is 13.0. The molecule has 1 aliphatic rings. The molecule has 1 fully saturated rings. The lowest BCUT2D eigenvalue weighted by Crippen LogP contribution is -2.61. The molecule has 1 heterocycles. The lowest BCUT2D eigenvalue weighted by Gasteiger charge is -2.42. The minimum absolute atomic E-state index is 0.149. The van der Waals surface area contributed by atoms with Crippen LogP contribution < -0.4 is 5.32 Å². The molecule has 0 spiro atoms. The second kappa shape index (κ2) is 3.52. The second-order valence-corrected chi connectivity index (χ2v) is 4.35. The molecule has 0 aromatic heterocycles. The Bertz CT molecular complexity index is 196. The molecule has 1 N–H and O–H groups in total. The molecule has 1 saturated heterocycles. The highest BCUT2D eigenvalue weighted by Gasteiger charge is 2.41. The van der Waals surface area contributed by atoms with Gasteiger partial charge < -0.3 is 10.2 Å². The number of nitrogens with zero attached hydrogens (tertiary/aromatic N) is 1. The van der Waals surface area contributed by atoms with Crippen LogP contribution in [0.2, 0.25) is 0 Å². The number of carbonyl (C=O) groups excluding carboxylic acids is 1. The van der Waals surface area contributed by atoms with Crippen molar-refractivity contribution in [3.05, 3.63) is 0 Å². The summed E-state index contributed by atoms with van der Waals surface area (Å²) in [5.74, 6) is 0.432. The van der Waals surface area contributed by atoms with Crippen LogP contribution in [0.1, 0.15) is 20.8 Å². The number of nitrogens with one attached hydrogen (secondary N) is 1. The van der Waals surface area contributed by atoms with Crippen molar-refractivity contribution >= 4 is 6.03 Å². The van der Waals surface area contributed by atoms with E-state index in [4.69, 9.17) is 0 Å². The van der Waals surface area contributed by atoms with Crippen molar-refractivity contribution in [2.75, 3.05) is 19.6 Å². The fourth-order valence-corrected chi connectivity index (χ4v) is 1.30. The lowest BCUT2D eigenvalue weighted by molar-refractivity contribution is 0.00997. The second-order valence-electron chi connectivity index (χ2n) is 4.35. The van der Waals surface area contributed by atoms with Gasteiger partial charge in [0, 0.05) is 6.54 Å². The zero-order chi connectivity index (χ0) is 10.1. The van der Waals surface area contributed by atoms with Crippen molar-refractivity contribution in [3.63, 3.8) is 0 Å². The summed E-state index contributed by atoms with van der Waals surface area (Å²) in [7, 11) is 0. The van der Waals surface area contributed by atoms with E-state index < -0.39 is 5.67 Å². The fraction of sp³-hybridized carbons (Fsp3) is 0.889. The zero-order valence-corrected chi connectivity index (χ0v) is 8.43. The number of urea groups is 1. The third kappa shape index (κ3) is 2.86. The Morgan fingerprint density at radius 1 is 1.62 bits per heavy atom. The maximum absolute atomic E-state index is 13.0. The van der Waals surface area contributed by atoms with Gasteiger partial charge in [-0.3, -0.25) is 0 Å². The first-order valence-electron chi connectivity index (χ1n) is 4.62. The van der Waals surface area contributed by atoms with Crippen molar-refractivity contribution in [3.8, 4) is 0 Å². The molecule has 2 amide bonds. The van der Waals surface area contributed by atoms with Gasteiger partial charge in [-0.15, -0.1) is 0 Å². The smallest absolute Gasteiger partial charge is 0.317 e. The van der Waals surface area contributed by atoms with Gasteiger partial charge in [0.15, 0.2) is 0 Å².